The highest BCUT2D eigenvalue weighted by Crippen LogP contribution is 2.39. The molecule has 0 amide bonds. The summed E-state index contributed by atoms with van der Waals surface area (Å²) in [6.45, 7) is 3.88. The summed E-state index contributed by atoms with van der Waals surface area (Å²) < 4.78 is 7.08. The standard InChI is InChI=1S/C15H21BrN2O/c1-17-9-11-10-18(7-8-19-11)15-6-5-12-13(15)3-2-4-14(12)16/h2-4,11,15,17H,5-10H2,1H3. The van der Waals surface area contributed by atoms with Crippen molar-refractivity contribution in [1.29, 1.82) is 0 Å². The molecule has 2 aliphatic rings. The lowest BCUT2D eigenvalue weighted by molar-refractivity contribution is -0.0415. The molecule has 0 saturated carbocycles. The van der Waals surface area contributed by atoms with E-state index in [4.69, 9.17) is 4.74 Å². The lowest BCUT2D eigenvalue weighted by atomic mass is 10.1. The van der Waals surface area contributed by atoms with E-state index in [0.717, 1.165) is 26.2 Å². The fourth-order valence-electron chi connectivity index (χ4n) is 3.34. The second-order valence-electron chi connectivity index (χ2n) is 5.41. The molecule has 1 aliphatic carbocycles. The molecule has 104 valence electrons. The molecule has 2 unspecified atom stereocenters. The maximum absolute atomic E-state index is 5.81. The highest BCUT2D eigenvalue weighted by Gasteiger charge is 2.32. The van der Waals surface area contributed by atoms with Crippen LogP contribution < -0.4 is 5.32 Å². The van der Waals surface area contributed by atoms with Crippen LogP contribution in [0, 0.1) is 0 Å². The smallest absolute Gasteiger partial charge is 0.0826 e. The molecule has 0 radical (unpaired) electrons. The van der Waals surface area contributed by atoms with Crippen LogP contribution in [0.3, 0.4) is 0 Å². The molecule has 3 nitrogen and oxygen atoms in total. The average molecular weight is 325 g/mol. The zero-order chi connectivity index (χ0) is 13.2. The van der Waals surface area contributed by atoms with Gasteiger partial charge in [0.05, 0.1) is 12.7 Å². The lowest BCUT2D eigenvalue weighted by Crippen LogP contribution is -2.47. The second kappa shape index (κ2) is 5.92. The van der Waals surface area contributed by atoms with Gasteiger partial charge in [0.15, 0.2) is 0 Å². The monoisotopic (exact) mass is 324 g/mol. The minimum Gasteiger partial charge on any atom is -0.374 e. The fraction of sp³-hybridized carbons (Fsp3) is 0.600. The van der Waals surface area contributed by atoms with Crippen molar-refractivity contribution in [3.05, 3.63) is 33.8 Å². The van der Waals surface area contributed by atoms with Crippen LogP contribution in [0.4, 0.5) is 0 Å². The molecular formula is C15H21BrN2O. The number of rotatable bonds is 3. The van der Waals surface area contributed by atoms with Crippen LogP contribution in [0.15, 0.2) is 22.7 Å². The van der Waals surface area contributed by atoms with E-state index >= 15 is 0 Å². The molecule has 1 heterocycles. The fourth-order valence-corrected chi connectivity index (χ4v) is 3.92. The molecule has 1 aliphatic heterocycles. The van der Waals surface area contributed by atoms with Gasteiger partial charge in [-0.25, -0.2) is 0 Å². The maximum atomic E-state index is 5.81. The number of hydrogen-bond donors (Lipinski definition) is 1. The van der Waals surface area contributed by atoms with Crippen molar-refractivity contribution in [2.45, 2.75) is 25.0 Å². The first-order chi connectivity index (χ1) is 9.29. The number of nitrogens with one attached hydrogen (secondary N) is 1. The Morgan fingerprint density at radius 1 is 1.47 bits per heavy atom. The number of morpholine rings is 1. The molecule has 1 N–H and O–H groups in total. The zero-order valence-electron chi connectivity index (χ0n) is 11.4. The van der Waals surface area contributed by atoms with E-state index in [1.165, 1.54) is 28.4 Å². The Morgan fingerprint density at radius 2 is 2.37 bits per heavy atom. The Kier molecular flexibility index (Phi) is 4.22. The van der Waals surface area contributed by atoms with Crippen molar-refractivity contribution >= 4 is 15.9 Å². The van der Waals surface area contributed by atoms with Gasteiger partial charge in [-0.15, -0.1) is 0 Å². The van der Waals surface area contributed by atoms with Crippen LogP contribution in [0.2, 0.25) is 0 Å². The van der Waals surface area contributed by atoms with Crippen LogP contribution in [-0.4, -0.2) is 44.3 Å². The number of hydrogen-bond acceptors (Lipinski definition) is 3. The summed E-state index contributed by atoms with van der Waals surface area (Å²) in [5.74, 6) is 0. The van der Waals surface area contributed by atoms with Gasteiger partial charge in [0.1, 0.15) is 0 Å². The molecule has 1 fully saturated rings. The predicted octanol–water partition coefficient (Wildman–Crippen LogP) is 2.36. The van der Waals surface area contributed by atoms with E-state index < -0.39 is 0 Å². The largest absolute Gasteiger partial charge is 0.374 e. The number of benzene rings is 1. The van der Waals surface area contributed by atoms with Crippen LogP contribution in [0.1, 0.15) is 23.6 Å². The van der Waals surface area contributed by atoms with Crippen molar-refractivity contribution in [2.24, 2.45) is 0 Å². The van der Waals surface area contributed by atoms with E-state index in [9.17, 15) is 0 Å². The van der Waals surface area contributed by atoms with Gasteiger partial charge in [0.2, 0.25) is 0 Å². The highest BCUT2D eigenvalue weighted by molar-refractivity contribution is 9.10. The molecule has 0 bridgehead atoms. The zero-order valence-corrected chi connectivity index (χ0v) is 12.9. The van der Waals surface area contributed by atoms with Crippen LogP contribution in [0.5, 0.6) is 0 Å². The lowest BCUT2D eigenvalue weighted by Gasteiger charge is -2.37. The molecule has 2 atom stereocenters. The quantitative estimate of drug-likeness (QED) is 0.923. The molecular weight excluding hydrogens is 304 g/mol. The van der Waals surface area contributed by atoms with Gasteiger partial charge in [-0.1, -0.05) is 28.1 Å². The highest BCUT2D eigenvalue weighted by atomic mass is 79.9. The van der Waals surface area contributed by atoms with E-state index in [-0.39, 0.29) is 0 Å². The number of likely N-dealkylation sites (N-methyl/N-ethyl adjacent to an activating group) is 1. The van der Waals surface area contributed by atoms with Gasteiger partial charge in [0.25, 0.3) is 0 Å². The molecule has 1 aromatic carbocycles. The van der Waals surface area contributed by atoms with Gasteiger partial charge in [-0.3, -0.25) is 4.90 Å². The summed E-state index contributed by atoms with van der Waals surface area (Å²) in [5.41, 5.74) is 3.02. The molecule has 0 spiro atoms. The van der Waals surface area contributed by atoms with Gasteiger partial charge in [0, 0.05) is 30.1 Å². The third kappa shape index (κ3) is 2.72. The van der Waals surface area contributed by atoms with Gasteiger partial charge >= 0.3 is 0 Å². The second-order valence-corrected chi connectivity index (χ2v) is 6.26. The summed E-state index contributed by atoms with van der Waals surface area (Å²) in [6, 6.07) is 7.19. The van der Waals surface area contributed by atoms with E-state index in [1.807, 2.05) is 7.05 Å². The molecule has 19 heavy (non-hydrogen) atoms. The van der Waals surface area contributed by atoms with E-state index in [2.05, 4.69) is 44.3 Å². The van der Waals surface area contributed by atoms with Crippen LogP contribution >= 0.6 is 15.9 Å². The van der Waals surface area contributed by atoms with E-state index in [0.29, 0.717) is 12.1 Å². The number of fused-ring (bicyclic) bond motifs is 1. The molecule has 1 saturated heterocycles. The Labute approximate surface area is 123 Å². The van der Waals surface area contributed by atoms with Crippen molar-refractivity contribution in [3.8, 4) is 0 Å². The van der Waals surface area contributed by atoms with Gasteiger partial charge < -0.3 is 10.1 Å². The first-order valence-electron chi connectivity index (χ1n) is 7.07. The summed E-state index contributed by atoms with van der Waals surface area (Å²) >= 11 is 3.68. The SMILES string of the molecule is CNCC1CN(C2CCc3c(Br)cccc32)CCO1. The first-order valence-corrected chi connectivity index (χ1v) is 7.86. The molecule has 1 aromatic rings. The topological polar surface area (TPSA) is 24.5 Å². The third-order valence-corrected chi connectivity index (χ3v) is 4.97. The Balaban J connectivity index is 1.76. The van der Waals surface area contributed by atoms with Crippen molar-refractivity contribution < 1.29 is 4.74 Å². The summed E-state index contributed by atoms with van der Waals surface area (Å²) in [6.07, 6.45) is 2.76. The summed E-state index contributed by atoms with van der Waals surface area (Å²) in [4.78, 5) is 2.60. The first kappa shape index (κ1) is 13.6. The Bertz CT molecular complexity index is 450. The van der Waals surface area contributed by atoms with Crippen molar-refractivity contribution in [3.63, 3.8) is 0 Å². The van der Waals surface area contributed by atoms with Crippen molar-refractivity contribution in [2.75, 3.05) is 33.3 Å². The minimum absolute atomic E-state index is 0.329. The number of nitrogens with zero attached hydrogens (tertiary/aromatic N) is 1. The van der Waals surface area contributed by atoms with Crippen molar-refractivity contribution in [1.82, 2.24) is 10.2 Å². The Hall–Kier alpha value is -0.420. The molecule has 0 aromatic heterocycles. The molecule has 4 heteroatoms. The predicted molar refractivity (Wildman–Crippen MR) is 80.4 cm³/mol. The summed E-state index contributed by atoms with van der Waals surface area (Å²) in [5, 5.41) is 3.22. The number of ether oxygens (including phenoxy) is 1. The van der Waals surface area contributed by atoms with E-state index in [1.54, 1.807) is 0 Å². The summed E-state index contributed by atoms with van der Waals surface area (Å²) in [7, 11) is 1.99. The molecule has 3 rings (SSSR count). The normalized spacial score (nSPS) is 27.5. The Morgan fingerprint density at radius 3 is 3.21 bits per heavy atom. The van der Waals surface area contributed by atoms with Gasteiger partial charge in [-0.2, -0.15) is 0 Å². The minimum atomic E-state index is 0.329. The third-order valence-electron chi connectivity index (χ3n) is 4.22. The maximum Gasteiger partial charge on any atom is 0.0826 e. The van der Waals surface area contributed by atoms with Gasteiger partial charge in [-0.05, 0) is 37.1 Å². The average Bonchev–Trinajstić information content (AvgIpc) is 2.85. The van der Waals surface area contributed by atoms with Crippen LogP contribution in [0.25, 0.3) is 0 Å². The van der Waals surface area contributed by atoms with Crippen LogP contribution in [-0.2, 0) is 11.2 Å². The number of halogens is 1.